The second-order valence-corrected chi connectivity index (χ2v) is 10.3. The van der Waals surface area contributed by atoms with E-state index in [2.05, 4.69) is 35.5 Å². The van der Waals surface area contributed by atoms with E-state index in [9.17, 15) is 9.18 Å². The number of hydrogen-bond acceptors (Lipinski definition) is 9. The van der Waals surface area contributed by atoms with Crippen LogP contribution in [0.3, 0.4) is 0 Å². The molecular formula is C27H31FN10O2. The lowest BCUT2D eigenvalue weighted by Crippen LogP contribution is -2.61. The van der Waals surface area contributed by atoms with Gasteiger partial charge in [-0.05, 0) is 32.4 Å². The van der Waals surface area contributed by atoms with E-state index in [0.717, 1.165) is 23.1 Å². The number of ether oxygens (including phenoxy) is 1. The van der Waals surface area contributed by atoms with Gasteiger partial charge in [-0.3, -0.25) is 9.89 Å². The third-order valence-corrected chi connectivity index (χ3v) is 7.53. The summed E-state index contributed by atoms with van der Waals surface area (Å²) in [5, 5.41) is 14.3. The molecule has 2 aliphatic rings. The Balaban J connectivity index is 1.13. The number of hydrogen-bond donors (Lipinski definition) is 2. The Kier molecular flexibility index (Phi) is 6.66. The van der Waals surface area contributed by atoms with Crippen LogP contribution in [-0.4, -0.2) is 77.6 Å². The highest BCUT2D eigenvalue weighted by molar-refractivity contribution is 5.86. The summed E-state index contributed by atoms with van der Waals surface area (Å²) in [6.45, 7) is 8.01. The minimum atomic E-state index is -0.875. The number of nitrogens with one attached hydrogen (secondary N) is 2. The number of aromatic nitrogens is 7. The molecule has 0 unspecified atom stereocenters. The van der Waals surface area contributed by atoms with E-state index in [1.54, 1.807) is 12.3 Å². The van der Waals surface area contributed by atoms with Crippen molar-refractivity contribution in [1.82, 2.24) is 39.8 Å². The van der Waals surface area contributed by atoms with Crippen LogP contribution >= 0.6 is 0 Å². The molecule has 2 saturated heterocycles. The molecule has 0 aromatic carbocycles. The third kappa shape index (κ3) is 4.99. The van der Waals surface area contributed by atoms with Crippen LogP contribution in [0.4, 0.5) is 22.0 Å². The molecular weight excluding hydrogens is 515 g/mol. The van der Waals surface area contributed by atoms with Gasteiger partial charge in [0.05, 0.1) is 25.0 Å². The van der Waals surface area contributed by atoms with Gasteiger partial charge in [0.1, 0.15) is 11.4 Å². The normalized spacial score (nSPS) is 17.9. The molecule has 208 valence electrons. The van der Waals surface area contributed by atoms with Gasteiger partial charge >= 0.3 is 0 Å². The molecule has 12 nitrogen and oxygen atoms in total. The van der Waals surface area contributed by atoms with Crippen molar-refractivity contribution in [3.63, 3.8) is 0 Å². The fraction of sp³-hybridized carbons (Fsp3) is 0.407. The monoisotopic (exact) mass is 546 g/mol. The molecule has 1 amide bonds. The number of aryl methyl sites for hydroxylation is 2. The first-order chi connectivity index (χ1) is 19.3. The summed E-state index contributed by atoms with van der Waals surface area (Å²) >= 11 is 0. The van der Waals surface area contributed by atoms with E-state index in [1.807, 2.05) is 43.9 Å². The fourth-order valence-electron chi connectivity index (χ4n) is 5.32. The zero-order chi connectivity index (χ0) is 27.9. The smallest absolute Gasteiger partial charge is 0.255 e. The molecule has 0 saturated carbocycles. The van der Waals surface area contributed by atoms with Gasteiger partial charge in [-0.1, -0.05) is 6.07 Å². The second-order valence-electron chi connectivity index (χ2n) is 10.3. The molecule has 0 bridgehead atoms. The molecule has 1 spiro atoms. The Hall–Kier alpha value is -4.39. The highest BCUT2D eigenvalue weighted by Crippen LogP contribution is 2.36. The van der Waals surface area contributed by atoms with Crippen molar-refractivity contribution in [2.75, 3.05) is 36.5 Å². The Labute approximate surface area is 230 Å². The van der Waals surface area contributed by atoms with Crippen molar-refractivity contribution < 1.29 is 13.9 Å². The van der Waals surface area contributed by atoms with Crippen LogP contribution in [0.2, 0.25) is 0 Å². The molecule has 2 N–H and O–H groups in total. The largest absolute Gasteiger partial charge is 0.363 e. The van der Waals surface area contributed by atoms with Gasteiger partial charge < -0.3 is 19.9 Å². The number of amides is 1. The van der Waals surface area contributed by atoms with E-state index in [0.29, 0.717) is 62.5 Å². The average Bonchev–Trinajstić information content (AvgIpc) is 3.57. The van der Waals surface area contributed by atoms with E-state index in [1.165, 1.54) is 10.9 Å². The van der Waals surface area contributed by atoms with E-state index in [4.69, 9.17) is 9.72 Å². The molecule has 13 heteroatoms. The van der Waals surface area contributed by atoms with Crippen LogP contribution < -0.4 is 10.2 Å². The average molecular weight is 547 g/mol. The quantitative estimate of drug-likeness (QED) is 0.374. The number of nitrogens with zero attached hydrogens (tertiary/aromatic N) is 8. The number of carbonyl (C=O) groups excluding carboxylic acids is 1. The maximum Gasteiger partial charge on any atom is 0.255 e. The highest BCUT2D eigenvalue weighted by Gasteiger charge is 2.48. The highest BCUT2D eigenvalue weighted by atomic mass is 19.1. The molecule has 0 aliphatic carbocycles. The Morgan fingerprint density at radius 2 is 1.93 bits per heavy atom. The number of piperidine rings is 1. The molecule has 4 aromatic rings. The van der Waals surface area contributed by atoms with Gasteiger partial charge in [0.25, 0.3) is 5.91 Å². The van der Waals surface area contributed by atoms with Crippen molar-refractivity contribution in [2.24, 2.45) is 0 Å². The number of morpholine rings is 1. The summed E-state index contributed by atoms with van der Waals surface area (Å²) in [7, 11) is 0. The Morgan fingerprint density at radius 3 is 2.60 bits per heavy atom. The van der Waals surface area contributed by atoms with Crippen LogP contribution in [0.5, 0.6) is 0 Å². The zero-order valence-electron chi connectivity index (χ0n) is 22.6. The zero-order valence-corrected chi connectivity index (χ0v) is 22.6. The summed E-state index contributed by atoms with van der Waals surface area (Å²) in [5.41, 5.74) is 1.80. The van der Waals surface area contributed by atoms with Crippen LogP contribution in [0, 0.1) is 19.7 Å². The lowest BCUT2D eigenvalue weighted by Gasteiger charge is -2.47. The number of anilines is 3. The van der Waals surface area contributed by atoms with Gasteiger partial charge in [0, 0.05) is 62.2 Å². The number of pyridine rings is 1. The van der Waals surface area contributed by atoms with Gasteiger partial charge in [0.2, 0.25) is 5.95 Å². The van der Waals surface area contributed by atoms with Crippen molar-refractivity contribution >= 4 is 23.5 Å². The second kappa shape index (κ2) is 10.3. The summed E-state index contributed by atoms with van der Waals surface area (Å²) in [6.07, 6.45) is 5.19. The molecule has 6 heterocycles. The Morgan fingerprint density at radius 1 is 1.10 bits per heavy atom. The minimum Gasteiger partial charge on any atom is -0.363 e. The van der Waals surface area contributed by atoms with Crippen molar-refractivity contribution in [1.29, 1.82) is 0 Å². The maximum atomic E-state index is 13.8. The molecule has 1 atom stereocenters. The summed E-state index contributed by atoms with van der Waals surface area (Å²) in [5.74, 6) is 2.04. The first-order valence-electron chi connectivity index (χ1n) is 13.3. The molecule has 40 heavy (non-hydrogen) atoms. The third-order valence-electron chi connectivity index (χ3n) is 7.53. The SMILES string of the molecule is Cc1cc(Nc2cc(C)[nH]n2)nc(N2CCC3(CC2)OCCN([C@@H](C)c2ccc(-n4cc(F)cn4)nc2)C3=O)n1. The van der Waals surface area contributed by atoms with Crippen molar-refractivity contribution in [3.05, 3.63) is 65.6 Å². The van der Waals surface area contributed by atoms with Crippen molar-refractivity contribution in [3.8, 4) is 5.82 Å². The van der Waals surface area contributed by atoms with E-state index < -0.39 is 11.4 Å². The number of H-pyrrole nitrogens is 1. The van der Waals surface area contributed by atoms with Crippen LogP contribution in [0.15, 0.2) is 42.9 Å². The number of carbonyl (C=O) groups is 1. The predicted octanol–water partition coefficient (Wildman–Crippen LogP) is 3.24. The maximum absolute atomic E-state index is 13.8. The molecule has 2 aliphatic heterocycles. The fourth-order valence-corrected chi connectivity index (χ4v) is 5.32. The van der Waals surface area contributed by atoms with Crippen LogP contribution in [-0.2, 0) is 9.53 Å². The molecule has 6 rings (SSSR count). The lowest BCUT2D eigenvalue weighted by atomic mass is 9.87. The van der Waals surface area contributed by atoms with Crippen molar-refractivity contribution in [2.45, 2.75) is 45.3 Å². The number of aromatic amines is 1. The number of halogens is 1. The molecule has 2 fully saturated rings. The van der Waals surface area contributed by atoms with Gasteiger partial charge in [0.15, 0.2) is 17.5 Å². The molecule has 4 aromatic heterocycles. The van der Waals surface area contributed by atoms with E-state index >= 15 is 0 Å². The van der Waals surface area contributed by atoms with Crippen LogP contribution in [0.1, 0.15) is 42.8 Å². The van der Waals surface area contributed by atoms with E-state index in [-0.39, 0.29) is 11.9 Å². The first kappa shape index (κ1) is 25.9. The topological polar surface area (TPSA) is 130 Å². The standard InChI is InChI=1S/C27H31FN10O2/c1-17-12-22(32-23-13-18(2)34-35-23)33-26(31-17)36-8-6-27(7-9-36)25(39)37(10-11-40-27)19(3)20-4-5-24(29-14-20)38-16-21(28)15-30-38/h4-5,12-16,19H,6-11H2,1-3H3,(H2,31,32,33,34,35)/t19-/m0/s1. The predicted molar refractivity (Wildman–Crippen MR) is 145 cm³/mol. The summed E-state index contributed by atoms with van der Waals surface area (Å²) < 4.78 is 20.9. The molecule has 0 radical (unpaired) electrons. The Bertz CT molecular complexity index is 1510. The van der Waals surface area contributed by atoms with Gasteiger partial charge in [-0.25, -0.2) is 19.0 Å². The van der Waals surface area contributed by atoms with Crippen LogP contribution in [0.25, 0.3) is 5.82 Å². The lowest BCUT2D eigenvalue weighted by molar-refractivity contribution is -0.178. The van der Waals surface area contributed by atoms with Gasteiger partial charge in [-0.2, -0.15) is 15.2 Å². The first-order valence-corrected chi connectivity index (χ1v) is 13.3. The summed E-state index contributed by atoms with van der Waals surface area (Å²) in [6, 6.07) is 7.26. The minimum absolute atomic E-state index is 0.00876. The van der Waals surface area contributed by atoms with Gasteiger partial charge in [-0.15, -0.1) is 0 Å². The summed E-state index contributed by atoms with van der Waals surface area (Å²) in [4.78, 5) is 31.6. The number of rotatable bonds is 6.